The molecule has 0 saturated heterocycles. The van der Waals surface area contributed by atoms with E-state index < -0.39 is 11.6 Å². The topological polar surface area (TPSA) is 84.7 Å². The van der Waals surface area contributed by atoms with Crippen LogP contribution < -0.4 is 10.6 Å². The lowest BCUT2D eigenvalue weighted by Crippen LogP contribution is -2.29. The van der Waals surface area contributed by atoms with Crippen LogP contribution in [0.1, 0.15) is 6.92 Å². The number of benzene rings is 1. The van der Waals surface area contributed by atoms with Crippen LogP contribution in [0.25, 0.3) is 22.3 Å². The monoisotopic (exact) mass is 428 g/mol. The van der Waals surface area contributed by atoms with E-state index in [-0.39, 0.29) is 22.3 Å². The Morgan fingerprint density at radius 2 is 1.93 bits per heavy atom. The van der Waals surface area contributed by atoms with E-state index >= 15 is 0 Å². The molecule has 0 aliphatic carbocycles. The molecule has 10 heteroatoms. The van der Waals surface area contributed by atoms with Gasteiger partial charge in [-0.15, -0.1) is 0 Å². The van der Waals surface area contributed by atoms with Crippen molar-refractivity contribution in [2.45, 2.75) is 6.92 Å². The number of pyridine rings is 2. The van der Waals surface area contributed by atoms with Crippen LogP contribution in [0.5, 0.6) is 0 Å². The van der Waals surface area contributed by atoms with E-state index in [2.05, 4.69) is 25.7 Å². The van der Waals surface area contributed by atoms with Crippen molar-refractivity contribution in [1.29, 1.82) is 0 Å². The molecular formula is C20H15ClF2N6O. The van der Waals surface area contributed by atoms with E-state index in [1.54, 1.807) is 31.3 Å². The van der Waals surface area contributed by atoms with Gasteiger partial charge in [0.2, 0.25) is 0 Å². The lowest BCUT2D eigenvalue weighted by Gasteiger charge is -2.11. The third-order valence-corrected chi connectivity index (χ3v) is 4.59. The Morgan fingerprint density at radius 3 is 2.73 bits per heavy atom. The first-order valence-corrected chi connectivity index (χ1v) is 9.34. The number of hydrogen-bond donors (Lipinski definition) is 2. The van der Waals surface area contributed by atoms with E-state index in [0.29, 0.717) is 29.0 Å². The highest BCUT2D eigenvalue weighted by atomic mass is 35.5. The molecule has 0 saturated carbocycles. The molecule has 1 aromatic carbocycles. The van der Waals surface area contributed by atoms with Gasteiger partial charge < -0.3 is 10.6 Å². The number of aromatic nitrogens is 4. The fraction of sp³-hybridized carbons (Fsp3) is 0.100. The highest BCUT2D eigenvalue weighted by Crippen LogP contribution is 2.30. The number of carbonyl (C=O) groups is 1. The molecule has 0 spiro atoms. The van der Waals surface area contributed by atoms with Crippen LogP contribution in [0, 0.1) is 11.6 Å². The molecule has 3 aromatic heterocycles. The molecule has 1 amide bonds. The zero-order chi connectivity index (χ0) is 21.3. The van der Waals surface area contributed by atoms with Gasteiger partial charge >= 0.3 is 6.03 Å². The quantitative estimate of drug-likeness (QED) is 0.458. The lowest BCUT2D eigenvalue weighted by atomic mass is 10.1. The Morgan fingerprint density at radius 1 is 1.13 bits per heavy atom. The molecule has 0 radical (unpaired) electrons. The third kappa shape index (κ3) is 3.67. The van der Waals surface area contributed by atoms with Crippen molar-refractivity contribution in [2.24, 2.45) is 0 Å². The highest BCUT2D eigenvalue weighted by molar-refractivity contribution is 6.31. The maximum Gasteiger partial charge on any atom is 0.342 e. The average molecular weight is 429 g/mol. The minimum absolute atomic E-state index is 0.0669. The summed E-state index contributed by atoms with van der Waals surface area (Å²) < 4.78 is 28.9. The van der Waals surface area contributed by atoms with Gasteiger partial charge in [0.15, 0.2) is 0 Å². The molecule has 30 heavy (non-hydrogen) atoms. The zero-order valence-corrected chi connectivity index (χ0v) is 16.4. The van der Waals surface area contributed by atoms with Crippen LogP contribution in [0.3, 0.4) is 0 Å². The molecule has 152 valence electrons. The van der Waals surface area contributed by atoms with Crippen LogP contribution in [0.4, 0.5) is 25.0 Å². The van der Waals surface area contributed by atoms with E-state index in [1.165, 1.54) is 23.1 Å². The average Bonchev–Trinajstić information content (AvgIpc) is 3.16. The first-order chi connectivity index (χ1) is 14.5. The largest absolute Gasteiger partial charge is 0.354 e. The van der Waals surface area contributed by atoms with Crippen LogP contribution in [0.15, 0.2) is 48.9 Å². The number of hydrogen-bond acceptors (Lipinski definition) is 5. The lowest BCUT2D eigenvalue weighted by molar-refractivity contribution is 0.241. The molecular weight excluding hydrogens is 414 g/mol. The van der Waals surface area contributed by atoms with Gasteiger partial charge in [-0.25, -0.2) is 13.6 Å². The van der Waals surface area contributed by atoms with E-state index in [0.717, 1.165) is 6.07 Å². The molecule has 3 heterocycles. The Hall–Kier alpha value is -3.59. The van der Waals surface area contributed by atoms with Crippen molar-refractivity contribution in [3.05, 3.63) is 65.6 Å². The molecule has 0 aliphatic heterocycles. The summed E-state index contributed by atoms with van der Waals surface area (Å²) in [7, 11) is 0. The molecule has 4 rings (SSSR count). The molecule has 7 nitrogen and oxygen atoms in total. The van der Waals surface area contributed by atoms with Gasteiger partial charge in [0.25, 0.3) is 0 Å². The van der Waals surface area contributed by atoms with Gasteiger partial charge in [0.1, 0.15) is 22.7 Å². The zero-order valence-electron chi connectivity index (χ0n) is 15.7. The minimum Gasteiger partial charge on any atom is -0.354 e. The van der Waals surface area contributed by atoms with Crippen LogP contribution in [-0.4, -0.2) is 32.3 Å². The Labute approximate surface area is 174 Å². The van der Waals surface area contributed by atoms with Gasteiger partial charge in [-0.05, 0) is 31.2 Å². The summed E-state index contributed by atoms with van der Waals surface area (Å²) in [5.41, 5.74) is 2.48. The van der Waals surface area contributed by atoms with Crippen molar-refractivity contribution in [3.63, 3.8) is 0 Å². The summed E-state index contributed by atoms with van der Waals surface area (Å²) in [4.78, 5) is 20.7. The van der Waals surface area contributed by atoms with Crippen LogP contribution in [-0.2, 0) is 0 Å². The number of halogens is 3. The number of carbonyl (C=O) groups excluding carboxylic acids is 1. The van der Waals surface area contributed by atoms with Crippen molar-refractivity contribution < 1.29 is 13.6 Å². The van der Waals surface area contributed by atoms with Crippen molar-refractivity contribution in [2.75, 3.05) is 11.9 Å². The molecule has 0 atom stereocenters. The molecule has 0 fully saturated rings. The predicted molar refractivity (Wildman–Crippen MR) is 110 cm³/mol. The van der Waals surface area contributed by atoms with Crippen molar-refractivity contribution in [3.8, 4) is 11.3 Å². The van der Waals surface area contributed by atoms with Crippen LogP contribution >= 0.6 is 11.6 Å². The van der Waals surface area contributed by atoms with Gasteiger partial charge in [0.05, 0.1) is 22.6 Å². The standard InChI is InChI=1S/C20H15ClF2N6O/c1-2-24-20(30)29-19-16(4-6-26-18(19)10-27-29)28-11-3-5-25-17(7-11)12-8-13(21)15(23)9-14(12)22/h3-10H,2H2,1H3,(H,24,30)(H,25,26,28). The van der Waals surface area contributed by atoms with E-state index in [1.807, 2.05) is 0 Å². The van der Waals surface area contributed by atoms with Gasteiger partial charge in [-0.2, -0.15) is 9.78 Å². The summed E-state index contributed by atoms with van der Waals surface area (Å²) >= 11 is 5.79. The van der Waals surface area contributed by atoms with Gasteiger partial charge in [-0.3, -0.25) is 9.97 Å². The van der Waals surface area contributed by atoms with Gasteiger partial charge in [-0.1, -0.05) is 11.6 Å². The number of rotatable bonds is 4. The second-order valence-electron chi connectivity index (χ2n) is 6.29. The fourth-order valence-corrected chi connectivity index (χ4v) is 3.13. The Kier molecular flexibility index (Phi) is 5.28. The maximum atomic E-state index is 14.2. The smallest absolute Gasteiger partial charge is 0.342 e. The normalized spacial score (nSPS) is 10.9. The Balaban J connectivity index is 1.73. The summed E-state index contributed by atoms with van der Waals surface area (Å²) in [6.45, 7) is 2.25. The van der Waals surface area contributed by atoms with Crippen LogP contribution in [0.2, 0.25) is 5.02 Å². The SMILES string of the molecule is CCNC(=O)n1ncc2nccc(Nc3ccnc(-c4cc(Cl)c(F)cc4F)c3)c21. The van der Waals surface area contributed by atoms with Crippen molar-refractivity contribution >= 4 is 40.0 Å². The second kappa shape index (κ2) is 8.03. The second-order valence-corrected chi connectivity index (χ2v) is 6.69. The summed E-state index contributed by atoms with van der Waals surface area (Å²) in [6.07, 6.45) is 4.55. The Bertz CT molecular complexity index is 1260. The minimum atomic E-state index is -0.843. The number of anilines is 2. The van der Waals surface area contributed by atoms with Crippen molar-refractivity contribution in [1.82, 2.24) is 25.1 Å². The predicted octanol–water partition coefficient (Wildman–Crippen LogP) is 4.75. The maximum absolute atomic E-state index is 14.2. The number of nitrogens with zero attached hydrogens (tertiary/aromatic N) is 4. The van der Waals surface area contributed by atoms with E-state index in [9.17, 15) is 13.6 Å². The molecule has 0 aliphatic rings. The first kappa shape index (κ1) is 19.7. The number of nitrogens with one attached hydrogen (secondary N) is 2. The highest BCUT2D eigenvalue weighted by Gasteiger charge is 2.16. The molecule has 4 aromatic rings. The third-order valence-electron chi connectivity index (χ3n) is 4.31. The van der Waals surface area contributed by atoms with E-state index in [4.69, 9.17) is 11.6 Å². The number of amides is 1. The fourth-order valence-electron chi connectivity index (χ4n) is 2.97. The number of fused-ring (bicyclic) bond motifs is 1. The molecule has 0 unspecified atom stereocenters. The summed E-state index contributed by atoms with van der Waals surface area (Å²) in [5, 5.41) is 9.76. The summed E-state index contributed by atoms with van der Waals surface area (Å²) in [5.74, 6) is -1.62. The summed E-state index contributed by atoms with van der Waals surface area (Å²) in [6, 6.07) is 6.47. The molecule has 2 N–H and O–H groups in total. The first-order valence-electron chi connectivity index (χ1n) is 8.97. The van der Waals surface area contributed by atoms with Gasteiger partial charge in [0, 0.05) is 36.3 Å². The molecule has 0 bridgehead atoms.